The van der Waals surface area contributed by atoms with Gasteiger partial charge in [-0.15, -0.1) is 0 Å². The summed E-state index contributed by atoms with van der Waals surface area (Å²) in [6.07, 6.45) is 5.14. The van der Waals surface area contributed by atoms with Gasteiger partial charge in [-0.25, -0.2) is 0 Å². The van der Waals surface area contributed by atoms with Crippen molar-refractivity contribution in [1.82, 2.24) is 19.9 Å². The molecule has 0 radical (unpaired) electrons. The van der Waals surface area contributed by atoms with Gasteiger partial charge in [0.05, 0.1) is 24.4 Å². The van der Waals surface area contributed by atoms with E-state index in [-0.39, 0.29) is 17.9 Å². The number of hydrogen-bond donors (Lipinski definition) is 0. The molecule has 5 rings (SSSR count). The highest BCUT2D eigenvalue weighted by molar-refractivity contribution is 5.89. The van der Waals surface area contributed by atoms with Crippen LogP contribution < -0.4 is 4.74 Å². The molecule has 0 saturated carbocycles. The Morgan fingerprint density at radius 1 is 0.889 bits per heavy atom. The van der Waals surface area contributed by atoms with E-state index in [4.69, 9.17) is 4.74 Å². The number of fused-ring (bicyclic) bond motifs is 2. The molecule has 0 atom stereocenters. The molecule has 1 amide bonds. The van der Waals surface area contributed by atoms with Crippen molar-refractivity contribution in [2.45, 2.75) is 24.8 Å². The minimum atomic E-state index is -0.314. The molecule has 2 aromatic carbocycles. The maximum absolute atomic E-state index is 13.5. The van der Waals surface area contributed by atoms with Crippen molar-refractivity contribution < 1.29 is 9.53 Å². The normalized spacial score (nSPS) is 17.1. The number of para-hydroxylation sites is 2. The van der Waals surface area contributed by atoms with Gasteiger partial charge in [-0.2, -0.15) is 15.0 Å². The quantitative estimate of drug-likeness (QED) is 0.703. The number of likely N-dealkylation sites (tertiary alicyclic amines) is 1. The van der Waals surface area contributed by atoms with Crippen molar-refractivity contribution in [1.29, 1.82) is 0 Å². The number of carbonyl (C=O) groups is 1. The highest BCUT2D eigenvalue weighted by atomic mass is 16.5. The van der Waals surface area contributed by atoms with E-state index in [2.05, 4.69) is 10.2 Å². The highest BCUT2D eigenvalue weighted by Gasteiger charge is 2.36. The lowest BCUT2D eigenvalue weighted by atomic mass is 9.86. The molecule has 2 aliphatic rings. The third kappa shape index (κ3) is 2.77. The number of piperidine rings is 1. The van der Waals surface area contributed by atoms with Gasteiger partial charge in [0.15, 0.2) is 0 Å². The summed E-state index contributed by atoms with van der Waals surface area (Å²) in [6, 6.07) is 15.9. The van der Waals surface area contributed by atoms with Gasteiger partial charge in [-0.1, -0.05) is 36.4 Å². The first-order valence-electron chi connectivity index (χ1n) is 9.31. The summed E-state index contributed by atoms with van der Waals surface area (Å²) in [5.74, 6) is 1.37. The average Bonchev–Trinajstić information content (AvgIpc) is 3.26. The van der Waals surface area contributed by atoms with Gasteiger partial charge in [0.1, 0.15) is 11.5 Å². The summed E-state index contributed by atoms with van der Waals surface area (Å²) < 4.78 is 6.02. The minimum absolute atomic E-state index is 0.144. The largest absolute Gasteiger partial charge is 0.457 e. The summed E-state index contributed by atoms with van der Waals surface area (Å²) in [5.41, 5.74) is 1.88. The van der Waals surface area contributed by atoms with Gasteiger partial charge < -0.3 is 9.64 Å². The first kappa shape index (κ1) is 16.1. The fraction of sp³-hybridized carbons (Fsp3) is 0.286. The van der Waals surface area contributed by atoms with E-state index in [9.17, 15) is 4.79 Å². The monoisotopic (exact) mass is 360 g/mol. The molecule has 6 nitrogen and oxygen atoms in total. The average molecular weight is 360 g/mol. The molecule has 0 bridgehead atoms. The van der Waals surface area contributed by atoms with Crippen LogP contribution in [-0.2, 0) is 4.79 Å². The molecule has 6 heteroatoms. The molecule has 3 heterocycles. The van der Waals surface area contributed by atoms with E-state index in [0.717, 1.165) is 35.5 Å². The zero-order chi connectivity index (χ0) is 18.2. The first-order chi connectivity index (χ1) is 13.3. The Morgan fingerprint density at radius 2 is 1.44 bits per heavy atom. The molecular weight excluding hydrogens is 340 g/mol. The number of rotatable bonds is 2. The summed E-state index contributed by atoms with van der Waals surface area (Å²) in [5, 5.41) is 8.49. The SMILES string of the molecule is O=C(C1c2ccccc2Oc2ccccc21)N1CCC(n2nccn2)CC1. The molecule has 27 heavy (non-hydrogen) atoms. The molecule has 0 aliphatic carbocycles. The van der Waals surface area contributed by atoms with E-state index in [1.165, 1.54) is 0 Å². The molecule has 1 fully saturated rings. The lowest BCUT2D eigenvalue weighted by Crippen LogP contribution is -2.42. The molecule has 1 saturated heterocycles. The summed E-state index contributed by atoms with van der Waals surface area (Å²) >= 11 is 0. The molecule has 0 unspecified atom stereocenters. The number of amides is 1. The Kier molecular flexibility index (Phi) is 3.89. The lowest BCUT2D eigenvalue weighted by Gasteiger charge is -2.36. The van der Waals surface area contributed by atoms with Gasteiger partial charge in [0, 0.05) is 24.2 Å². The number of nitrogens with zero attached hydrogens (tertiary/aromatic N) is 4. The van der Waals surface area contributed by atoms with Crippen molar-refractivity contribution in [2.75, 3.05) is 13.1 Å². The van der Waals surface area contributed by atoms with E-state index in [1.807, 2.05) is 53.4 Å². The van der Waals surface area contributed by atoms with Crippen LogP contribution in [0.2, 0.25) is 0 Å². The first-order valence-corrected chi connectivity index (χ1v) is 9.31. The second kappa shape index (κ2) is 6.54. The Morgan fingerprint density at radius 3 is 2.04 bits per heavy atom. The predicted molar refractivity (Wildman–Crippen MR) is 99.7 cm³/mol. The number of benzene rings is 2. The fourth-order valence-electron chi connectivity index (χ4n) is 4.09. The number of aromatic nitrogens is 3. The van der Waals surface area contributed by atoms with Crippen LogP contribution in [0, 0.1) is 0 Å². The minimum Gasteiger partial charge on any atom is -0.457 e. The van der Waals surface area contributed by atoms with Crippen LogP contribution in [0.5, 0.6) is 11.5 Å². The van der Waals surface area contributed by atoms with Gasteiger partial charge in [0.25, 0.3) is 0 Å². The third-order valence-corrected chi connectivity index (χ3v) is 5.47. The highest BCUT2D eigenvalue weighted by Crippen LogP contribution is 2.45. The van der Waals surface area contributed by atoms with Crippen LogP contribution in [0.3, 0.4) is 0 Å². The van der Waals surface area contributed by atoms with Crippen molar-refractivity contribution in [2.24, 2.45) is 0 Å². The fourth-order valence-corrected chi connectivity index (χ4v) is 4.09. The van der Waals surface area contributed by atoms with Crippen molar-refractivity contribution >= 4 is 5.91 Å². The van der Waals surface area contributed by atoms with Crippen LogP contribution in [0.1, 0.15) is 35.9 Å². The number of ether oxygens (including phenoxy) is 1. The van der Waals surface area contributed by atoms with Crippen molar-refractivity contribution in [3.05, 3.63) is 72.1 Å². The molecule has 136 valence electrons. The smallest absolute Gasteiger partial charge is 0.234 e. The summed E-state index contributed by atoms with van der Waals surface area (Å²) in [7, 11) is 0. The molecule has 2 aliphatic heterocycles. The van der Waals surface area contributed by atoms with E-state index < -0.39 is 0 Å². The van der Waals surface area contributed by atoms with Crippen molar-refractivity contribution in [3.8, 4) is 11.5 Å². The third-order valence-electron chi connectivity index (χ3n) is 5.47. The second-order valence-corrected chi connectivity index (χ2v) is 7.02. The summed E-state index contributed by atoms with van der Waals surface area (Å²) in [4.78, 5) is 17.2. The van der Waals surface area contributed by atoms with E-state index in [0.29, 0.717) is 13.1 Å². The maximum atomic E-state index is 13.5. The standard InChI is InChI=1S/C21H20N4O2/c26-21(24-13-9-15(10-14-24)25-22-11-12-23-25)20-16-5-1-3-7-18(16)27-19-8-4-2-6-17(19)20/h1-8,11-12,15,20H,9-10,13-14H2. The zero-order valence-electron chi connectivity index (χ0n) is 14.9. The Balaban J connectivity index is 1.42. The topological polar surface area (TPSA) is 60.2 Å². The Hall–Kier alpha value is -3.15. The van der Waals surface area contributed by atoms with Gasteiger partial charge >= 0.3 is 0 Å². The van der Waals surface area contributed by atoms with Gasteiger partial charge in [-0.3, -0.25) is 4.79 Å². The van der Waals surface area contributed by atoms with Gasteiger partial charge in [0.2, 0.25) is 5.91 Å². The van der Waals surface area contributed by atoms with E-state index >= 15 is 0 Å². The molecular formula is C21H20N4O2. The van der Waals surface area contributed by atoms with Crippen LogP contribution in [0.4, 0.5) is 0 Å². The number of carbonyl (C=O) groups excluding carboxylic acids is 1. The molecule has 0 spiro atoms. The Bertz CT molecular complexity index is 916. The molecule has 3 aromatic rings. The lowest BCUT2D eigenvalue weighted by molar-refractivity contribution is -0.133. The number of hydrogen-bond acceptors (Lipinski definition) is 4. The van der Waals surface area contributed by atoms with Crippen molar-refractivity contribution in [3.63, 3.8) is 0 Å². The molecule has 0 N–H and O–H groups in total. The van der Waals surface area contributed by atoms with Gasteiger partial charge in [-0.05, 0) is 25.0 Å². The maximum Gasteiger partial charge on any atom is 0.234 e. The van der Waals surface area contributed by atoms with Crippen LogP contribution in [0.25, 0.3) is 0 Å². The Labute approximate surface area is 157 Å². The predicted octanol–water partition coefficient (Wildman–Crippen LogP) is 3.38. The van der Waals surface area contributed by atoms with Crippen LogP contribution in [0.15, 0.2) is 60.9 Å². The zero-order valence-corrected chi connectivity index (χ0v) is 14.9. The summed E-state index contributed by atoms with van der Waals surface area (Å²) in [6.45, 7) is 1.43. The molecule has 1 aromatic heterocycles. The van der Waals surface area contributed by atoms with Crippen LogP contribution >= 0.6 is 0 Å². The van der Waals surface area contributed by atoms with Crippen LogP contribution in [-0.4, -0.2) is 38.9 Å². The second-order valence-electron chi connectivity index (χ2n) is 7.02. The van der Waals surface area contributed by atoms with E-state index in [1.54, 1.807) is 17.2 Å².